The van der Waals surface area contributed by atoms with Crippen LogP contribution < -0.4 is 10.2 Å². The molecule has 0 radical (unpaired) electrons. The number of hydrogen-bond acceptors (Lipinski definition) is 5. The maximum absolute atomic E-state index is 11.8. The molecule has 2 fully saturated rings. The summed E-state index contributed by atoms with van der Waals surface area (Å²) in [5.74, 6) is 0.671. The number of nitro groups is 1. The first-order valence-corrected chi connectivity index (χ1v) is 7.74. The molecule has 1 aromatic carbocycles. The number of piperidine rings is 1. The number of carbonyl (C=O) groups is 1. The Bertz CT molecular complexity index is 628. The van der Waals surface area contributed by atoms with E-state index in [1.54, 1.807) is 12.1 Å². The van der Waals surface area contributed by atoms with Gasteiger partial charge in [-0.25, -0.2) is 4.79 Å². The Kier molecular flexibility index (Phi) is 3.66. The average Bonchev–Trinajstić information content (AvgIpc) is 2.90. The Labute approximate surface area is 134 Å². The number of benzene rings is 1. The molecule has 0 bridgehead atoms. The molecule has 1 N–H and O–H groups in total. The number of nitro benzene ring substituents is 1. The van der Waals surface area contributed by atoms with E-state index in [4.69, 9.17) is 4.74 Å². The first-order chi connectivity index (χ1) is 10.8. The quantitative estimate of drug-likeness (QED) is 0.683. The number of amides is 1. The standard InChI is InChI=1S/C16H21N3O4/c1-16(2,3)23-15(20)17-14-10-8-18(9-11(10)14)12-6-4-5-7-13(12)19(21)22/h4-7,10-11,14H,8-9H2,1-3H3,(H,17,20)/t10-,11?,14-/m0/s1. The highest BCUT2D eigenvalue weighted by atomic mass is 16.6. The number of hydrogen-bond donors (Lipinski definition) is 1. The SMILES string of the molecule is CC(C)(C)OC(=O)N[C@@H]1C2CN(c3ccccc3[N+](=O)[O-])C[C@@H]21. The Hall–Kier alpha value is -2.31. The van der Waals surface area contributed by atoms with Crippen molar-refractivity contribution in [2.24, 2.45) is 11.8 Å². The first-order valence-electron chi connectivity index (χ1n) is 7.74. The van der Waals surface area contributed by atoms with Crippen molar-refractivity contribution < 1.29 is 14.5 Å². The molecule has 1 amide bonds. The predicted molar refractivity (Wildman–Crippen MR) is 85.4 cm³/mol. The van der Waals surface area contributed by atoms with Crippen LogP contribution in [0.2, 0.25) is 0 Å². The van der Waals surface area contributed by atoms with Gasteiger partial charge in [0.1, 0.15) is 11.3 Å². The Morgan fingerprint density at radius 3 is 2.48 bits per heavy atom. The van der Waals surface area contributed by atoms with Crippen molar-refractivity contribution >= 4 is 17.5 Å². The molecule has 1 aliphatic carbocycles. The van der Waals surface area contributed by atoms with Crippen molar-refractivity contribution in [1.82, 2.24) is 5.32 Å². The van der Waals surface area contributed by atoms with Gasteiger partial charge in [0, 0.05) is 37.0 Å². The number of alkyl carbamates (subject to hydrolysis) is 1. The Balaban J connectivity index is 1.58. The van der Waals surface area contributed by atoms with Crippen LogP contribution in [0.1, 0.15) is 20.8 Å². The molecule has 7 nitrogen and oxygen atoms in total. The van der Waals surface area contributed by atoms with Gasteiger partial charge in [0.15, 0.2) is 0 Å². The zero-order valence-corrected chi connectivity index (χ0v) is 13.5. The lowest BCUT2D eigenvalue weighted by Crippen LogP contribution is -2.38. The number of carbonyl (C=O) groups excluding carboxylic acids is 1. The summed E-state index contributed by atoms with van der Waals surface area (Å²) < 4.78 is 5.26. The molecule has 7 heteroatoms. The first kappa shape index (κ1) is 15.6. The molecule has 23 heavy (non-hydrogen) atoms. The van der Waals surface area contributed by atoms with Gasteiger partial charge in [-0.15, -0.1) is 0 Å². The van der Waals surface area contributed by atoms with E-state index in [1.165, 1.54) is 6.07 Å². The molecule has 0 aromatic heterocycles. The summed E-state index contributed by atoms with van der Waals surface area (Å²) in [6.45, 7) is 6.93. The summed E-state index contributed by atoms with van der Waals surface area (Å²) in [5, 5.41) is 14.0. The average molecular weight is 319 g/mol. The molecule has 1 unspecified atom stereocenters. The highest BCUT2D eigenvalue weighted by Crippen LogP contribution is 2.48. The third-order valence-corrected chi connectivity index (χ3v) is 4.30. The summed E-state index contributed by atoms with van der Waals surface area (Å²) in [4.78, 5) is 24.6. The minimum atomic E-state index is -0.509. The summed E-state index contributed by atoms with van der Waals surface area (Å²) in [7, 11) is 0. The van der Waals surface area contributed by atoms with Gasteiger partial charge in [0.2, 0.25) is 0 Å². The summed E-state index contributed by atoms with van der Waals surface area (Å²) >= 11 is 0. The van der Waals surface area contributed by atoms with Crippen molar-refractivity contribution in [2.45, 2.75) is 32.4 Å². The molecule has 1 heterocycles. The normalized spacial score (nSPS) is 25.7. The predicted octanol–water partition coefficient (Wildman–Crippen LogP) is 2.55. The lowest BCUT2D eigenvalue weighted by atomic mass is 10.2. The topological polar surface area (TPSA) is 84.7 Å². The van der Waals surface area contributed by atoms with Gasteiger partial charge in [-0.3, -0.25) is 10.1 Å². The van der Waals surface area contributed by atoms with Crippen LogP contribution >= 0.6 is 0 Å². The molecule has 1 saturated heterocycles. The number of ether oxygens (including phenoxy) is 1. The van der Waals surface area contributed by atoms with Crippen LogP contribution in [0, 0.1) is 22.0 Å². The van der Waals surface area contributed by atoms with Crippen molar-refractivity contribution in [3.63, 3.8) is 0 Å². The molecule has 2 aliphatic rings. The lowest BCUT2D eigenvalue weighted by molar-refractivity contribution is -0.384. The highest BCUT2D eigenvalue weighted by molar-refractivity contribution is 5.69. The zero-order chi connectivity index (χ0) is 16.8. The molecule has 1 aromatic rings. The minimum Gasteiger partial charge on any atom is -0.444 e. The molecule has 1 saturated carbocycles. The molecule has 1 aliphatic heterocycles. The number of nitrogens with one attached hydrogen (secondary N) is 1. The Morgan fingerprint density at radius 1 is 1.30 bits per heavy atom. The molecule has 3 rings (SSSR count). The number of rotatable bonds is 3. The smallest absolute Gasteiger partial charge is 0.407 e. The van der Waals surface area contributed by atoms with Crippen LogP contribution in [0.4, 0.5) is 16.2 Å². The number of fused-ring (bicyclic) bond motifs is 1. The molecular weight excluding hydrogens is 298 g/mol. The fraction of sp³-hybridized carbons (Fsp3) is 0.562. The van der Waals surface area contributed by atoms with E-state index in [0.29, 0.717) is 17.5 Å². The summed E-state index contributed by atoms with van der Waals surface area (Å²) in [6.07, 6.45) is -0.394. The van der Waals surface area contributed by atoms with Gasteiger partial charge >= 0.3 is 6.09 Å². The van der Waals surface area contributed by atoms with Crippen LogP contribution in [-0.2, 0) is 4.74 Å². The largest absolute Gasteiger partial charge is 0.444 e. The monoisotopic (exact) mass is 319 g/mol. The van der Waals surface area contributed by atoms with Crippen molar-refractivity contribution in [3.8, 4) is 0 Å². The van der Waals surface area contributed by atoms with Gasteiger partial charge in [-0.2, -0.15) is 0 Å². The second-order valence-electron chi connectivity index (χ2n) is 7.15. The van der Waals surface area contributed by atoms with E-state index in [9.17, 15) is 14.9 Å². The summed E-state index contributed by atoms with van der Waals surface area (Å²) in [5.41, 5.74) is 0.274. The van der Waals surface area contributed by atoms with Crippen LogP contribution in [0.25, 0.3) is 0 Å². The van der Waals surface area contributed by atoms with E-state index < -0.39 is 11.7 Å². The van der Waals surface area contributed by atoms with Gasteiger partial charge in [-0.1, -0.05) is 12.1 Å². The number of para-hydroxylation sites is 2. The molecule has 0 spiro atoms. The van der Waals surface area contributed by atoms with E-state index >= 15 is 0 Å². The van der Waals surface area contributed by atoms with Crippen LogP contribution in [0.3, 0.4) is 0 Å². The van der Waals surface area contributed by atoms with Gasteiger partial charge in [-0.05, 0) is 26.8 Å². The van der Waals surface area contributed by atoms with Crippen molar-refractivity contribution in [3.05, 3.63) is 34.4 Å². The van der Waals surface area contributed by atoms with Crippen LogP contribution in [-0.4, -0.2) is 35.7 Å². The third-order valence-electron chi connectivity index (χ3n) is 4.30. The zero-order valence-electron chi connectivity index (χ0n) is 13.5. The van der Waals surface area contributed by atoms with E-state index in [-0.39, 0.29) is 16.7 Å². The molecule has 124 valence electrons. The van der Waals surface area contributed by atoms with Crippen LogP contribution in [0.5, 0.6) is 0 Å². The molecular formula is C16H21N3O4. The number of nitrogens with zero attached hydrogens (tertiary/aromatic N) is 2. The highest BCUT2D eigenvalue weighted by Gasteiger charge is 2.57. The maximum atomic E-state index is 11.8. The lowest BCUT2D eigenvalue weighted by Gasteiger charge is -2.23. The summed E-state index contributed by atoms with van der Waals surface area (Å²) in [6, 6.07) is 6.90. The fourth-order valence-corrected chi connectivity index (χ4v) is 3.27. The maximum Gasteiger partial charge on any atom is 0.407 e. The van der Waals surface area contributed by atoms with E-state index in [2.05, 4.69) is 5.32 Å². The fourth-order valence-electron chi connectivity index (χ4n) is 3.27. The van der Waals surface area contributed by atoms with Gasteiger partial charge in [0.25, 0.3) is 5.69 Å². The van der Waals surface area contributed by atoms with Gasteiger partial charge in [0.05, 0.1) is 4.92 Å². The number of anilines is 1. The second kappa shape index (κ2) is 5.40. The van der Waals surface area contributed by atoms with E-state index in [1.807, 2.05) is 31.7 Å². The molecule has 3 atom stereocenters. The van der Waals surface area contributed by atoms with Gasteiger partial charge < -0.3 is 15.0 Å². The third kappa shape index (κ3) is 3.23. The second-order valence-corrected chi connectivity index (χ2v) is 7.15. The van der Waals surface area contributed by atoms with E-state index in [0.717, 1.165) is 13.1 Å². The van der Waals surface area contributed by atoms with Crippen molar-refractivity contribution in [1.29, 1.82) is 0 Å². The Morgan fingerprint density at radius 2 is 1.91 bits per heavy atom. The minimum absolute atomic E-state index is 0.115. The van der Waals surface area contributed by atoms with Crippen LogP contribution in [0.15, 0.2) is 24.3 Å². The van der Waals surface area contributed by atoms with Crippen molar-refractivity contribution in [2.75, 3.05) is 18.0 Å².